The van der Waals surface area contributed by atoms with E-state index in [2.05, 4.69) is 26.1 Å². The van der Waals surface area contributed by atoms with E-state index in [0.717, 1.165) is 16.9 Å². The molecule has 2 aromatic carbocycles. The van der Waals surface area contributed by atoms with Gasteiger partial charge in [0.05, 0.1) is 12.2 Å². The number of fused-ring (bicyclic) bond motifs is 1. The van der Waals surface area contributed by atoms with E-state index in [1.54, 1.807) is 11.0 Å². The summed E-state index contributed by atoms with van der Waals surface area (Å²) >= 11 is 0. The van der Waals surface area contributed by atoms with Gasteiger partial charge < -0.3 is 15.0 Å². The minimum Gasteiger partial charge on any atom is -0.423 e. The van der Waals surface area contributed by atoms with Gasteiger partial charge in [0.2, 0.25) is 5.91 Å². The molecule has 1 N–H and O–H groups in total. The second-order valence-electron chi connectivity index (χ2n) is 7.68. The third kappa shape index (κ3) is 4.04. The molecule has 0 fully saturated rings. The number of hydrogen-bond donors (Lipinski definition) is 1. The van der Waals surface area contributed by atoms with Crippen LogP contribution in [0.2, 0.25) is 0 Å². The average Bonchev–Trinajstić information content (AvgIpc) is 2.55. The van der Waals surface area contributed by atoms with Gasteiger partial charge in [-0.3, -0.25) is 4.79 Å². The summed E-state index contributed by atoms with van der Waals surface area (Å²) < 4.78 is 5.25. The lowest BCUT2D eigenvalue weighted by atomic mass is 9.87. The lowest BCUT2D eigenvalue weighted by Gasteiger charge is -2.29. The van der Waals surface area contributed by atoms with Crippen molar-refractivity contribution in [2.45, 2.75) is 33.1 Å². The number of carbonyl (C=O) groups excluding carboxylic acids is 2. The maximum atomic E-state index is 12.5. The lowest BCUT2D eigenvalue weighted by Crippen LogP contribution is -2.41. The van der Waals surface area contributed by atoms with Crippen LogP contribution in [0, 0.1) is 6.92 Å². The van der Waals surface area contributed by atoms with Crippen LogP contribution < -0.4 is 15.0 Å². The van der Waals surface area contributed by atoms with Crippen LogP contribution in [-0.4, -0.2) is 25.0 Å². The standard InChI is InChI=1S/C21H24N2O3/c1-14-5-10-18-17(11-14)23(13-20(25)26-18)12-19(24)22-16-8-6-15(7-9-16)21(2,3)4/h5-11H,12-13H2,1-4H3,(H,22,24). The Morgan fingerprint density at radius 2 is 1.85 bits per heavy atom. The number of carbonyl (C=O) groups is 2. The van der Waals surface area contributed by atoms with Gasteiger partial charge in [0.15, 0.2) is 5.75 Å². The zero-order valence-corrected chi connectivity index (χ0v) is 15.6. The fraction of sp³-hybridized carbons (Fsp3) is 0.333. The minimum absolute atomic E-state index is 0.0623. The quantitative estimate of drug-likeness (QED) is 0.677. The first-order chi connectivity index (χ1) is 12.2. The van der Waals surface area contributed by atoms with Crippen molar-refractivity contribution in [1.82, 2.24) is 0 Å². The number of hydrogen-bond acceptors (Lipinski definition) is 4. The number of amides is 1. The molecule has 3 rings (SSSR count). The van der Waals surface area contributed by atoms with Gasteiger partial charge in [-0.05, 0) is 47.7 Å². The molecule has 0 saturated heterocycles. The van der Waals surface area contributed by atoms with Gasteiger partial charge in [0.25, 0.3) is 0 Å². The van der Waals surface area contributed by atoms with Crippen molar-refractivity contribution in [3.8, 4) is 5.75 Å². The number of rotatable bonds is 3. The van der Waals surface area contributed by atoms with Crippen molar-refractivity contribution in [3.63, 3.8) is 0 Å². The number of nitrogens with one attached hydrogen (secondary N) is 1. The Bertz CT molecular complexity index is 835. The zero-order chi connectivity index (χ0) is 18.9. The lowest BCUT2D eigenvalue weighted by molar-refractivity contribution is -0.133. The van der Waals surface area contributed by atoms with E-state index in [9.17, 15) is 9.59 Å². The Labute approximate surface area is 154 Å². The van der Waals surface area contributed by atoms with Crippen molar-refractivity contribution >= 4 is 23.3 Å². The number of esters is 1. The molecule has 0 radical (unpaired) electrons. The van der Waals surface area contributed by atoms with E-state index in [1.165, 1.54) is 5.56 Å². The highest BCUT2D eigenvalue weighted by Crippen LogP contribution is 2.32. The average molecular weight is 352 g/mol. The first-order valence-electron chi connectivity index (χ1n) is 8.69. The monoisotopic (exact) mass is 352 g/mol. The summed E-state index contributed by atoms with van der Waals surface area (Å²) in [6.07, 6.45) is 0. The van der Waals surface area contributed by atoms with Crippen LogP contribution in [0.5, 0.6) is 5.75 Å². The molecule has 0 unspecified atom stereocenters. The van der Waals surface area contributed by atoms with E-state index in [0.29, 0.717) is 5.75 Å². The van der Waals surface area contributed by atoms with Crippen molar-refractivity contribution in [2.24, 2.45) is 0 Å². The van der Waals surface area contributed by atoms with Crippen LogP contribution in [0.3, 0.4) is 0 Å². The molecule has 5 heteroatoms. The third-order valence-electron chi connectivity index (χ3n) is 4.37. The summed E-state index contributed by atoms with van der Waals surface area (Å²) in [4.78, 5) is 26.0. The molecule has 5 nitrogen and oxygen atoms in total. The molecule has 1 aliphatic rings. The van der Waals surface area contributed by atoms with Crippen LogP contribution in [0.15, 0.2) is 42.5 Å². The highest BCUT2D eigenvalue weighted by atomic mass is 16.5. The molecular weight excluding hydrogens is 328 g/mol. The summed E-state index contributed by atoms with van der Waals surface area (Å²) in [6, 6.07) is 13.4. The Kier molecular flexibility index (Phi) is 4.72. The first kappa shape index (κ1) is 18.0. The van der Waals surface area contributed by atoms with Crippen molar-refractivity contribution in [3.05, 3.63) is 53.6 Å². The van der Waals surface area contributed by atoms with E-state index in [4.69, 9.17) is 4.74 Å². The largest absolute Gasteiger partial charge is 0.423 e. The van der Waals surface area contributed by atoms with Gasteiger partial charge in [-0.15, -0.1) is 0 Å². The van der Waals surface area contributed by atoms with Crippen molar-refractivity contribution < 1.29 is 14.3 Å². The number of anilines is 2. The number of ether oxygens (including phenoxy) is 1. The van der Waals surface area contributed by atoms with E-state index in [-0.39, 0.29) is 30.4 Å². The first-order valence-corrected chi connectivity index (χ1v) is 8.69. The maximum absolute atomic E-state index is 12.5. The molecular formula is C21H24N2O3. The second-order valence-corrected chi connectivity index (χ2v) is 7.68. The van der Waals surface area contributed by atoms with E-state index < -0.39 is 0 Å². The summed E-state index contributed by atoms with van der Waals surface area (Å²) in [7, 11) is 0. The highest BCUT2D eigenvalue weighted by molar-refractivity contribution is 5.96. The molecule has 0 aliphatic carbocycles. The van der Waals surface area contributed by atoms with Gasteiger partial charge in [0, 0.05) is 5.69 Å². The van der Waals surface area contributed by atoms with Crippen LogP contribution in [0.25, 0.3) is 0 Å². The fourth-order valence-corrected chi connectivity index (χ4v) is 2.93. The Balaban J connectivity index is 1.71. The fourth-order valence-electron chi connectivity index (χ4n) is 2.93. The minimum atomic E-state index is -0.358. The van der Waals surface area contributed by atoms with E-state index >= 15 is 0 Å². The van der Waals surface area contributed by atoms with Gasteiger partial charge in [-0.2, -0.15) is 0 Å². The van der Waals surface area contributed by atoms with Gasteiger partial charge in [-0.1, -0.05) is 39.0 Å². The number of nitrogens with zero attached hydrogens (tertiary/aromatic N) is 1. The molecule has 0 bridgehead atoms. The van der Waals surface area contributed by atoms with Gasteiger partial charge in [0.1, 0.15) is 6.54 Å². The molecule has 26 heavy (non-hydrogen) atoms. The van der Waals surface area contributed by atoms with Gasteiger partial charge in [-0.25, -0.2) is 4.79 Å². The molecule has 1 aliphatic heterocycles. The summed E-state index contributed by atoms with van der Waals surface area (Å²) in [5.41, 5.74) is 3.83. The maximum Gasteiger partial charge on any atom is 0.331 e. The third-order valence-corrected chi connectivity index (χ3v) is 4.37. The molecule has 2 aromatic rings. The molecule has 136 valence electrons. The molecule has 0 spiro atoms. The van der Waals surface area contributed by atoms with Gasteiger partial charge >= 0.3 is 5.97 Å². The normalized spacial score (nSPS) is 13.8. The van der Waals surface area contributed by atoms with Crippen LogP contribution in [-0.2, 0) is 15.0 Å². The Morgan fingerprint density at radius 1 is 1.15 bits per heavy atom. The topological polar surface area (TPSA) is 58.6 Å². The highest BCUT2D eigenvalue weighted by Gasteiger charge is 2.25. The SMILES string of the molecule is Cc1ccc2c(c1)N(CC(=O)Nc1ccc(C(C)(C)C)cc1)CC(=O)O2. The summed E-state index contributed by atoms with van der Waals surface area (Å²) in [6.45, 7) is 8.56. The molecule has 0 atom stereocenters. The predicted octanol–water partition coefficient (Wildman–Crippen LogP) is 3.66. The summed E-state index contributed by atoms with van der Waals surface area (Å²) in [5.74, 6) is -0.0338. The number of aryl methyl sites for hydroxylation is 1. The number of benzene rings is 2. The molecule has 1 heterocycles. The Hall–Kier alpha value is -2.82. The summed E-state index contributed by atoms with van der Waals surface area (Å²) in [5, 5.41) is 2.90. The molecule has 0 saturated carbocycles. The van der Waals surface area contributed by atoms with Crippen LogP contribution in [0.4, 0.5) is 11.4 Å². The molecule has 0 aromatic heterocycles. The molecule has 1 amide bonds. The van der Waals surface area contributed by atoms with E-state index in [1.807, 2.05) is 43.3 Å². The van der Waals surface area contributed by atoms with Crippen LogP contribution >= 0.6 is 0 Å². The van der Waals surface area contributed by atoms with Crippen molar-refractivity contribution in [1.29, 1.82) is 0 Å². The van der Waals surface area contributed by atoms with Crippen LogP contribution in [0.1, 0.15) is 31.9 Å². The smallest absolute Gasteiger partial charge is 0.331 e. The Morgan fingerprint density at radius 3 is 2.50 bits per heavy atom. The second kappa shape index (κ2) is 6.83. The predicted molar refractivity (Wildman–Crippen MR) is 103 cm³/mol. The van der Waals surface area contributed by atoms with Crippen molar-refractivity contribution in [2.75, 3.05) is 23.3 Å². The zero-order valence-electron chi connectivity index (χ0n) is 15.6.